The lowest BCUT2D eigenvalue weighted by atomic mass is 10.2. The van der Waals surface area contributed by atoms with E-state index in [2.05, 4.69) is 26.6 Å². The second kappa shape index (κ2) is 11.7. The van der Waals surface area contributed by atoms with E-state index in [4.69, 9.17) is 9.47 Å². The number of nitrogens with one attached hydrogen (secondary N) is 2. The Morgan fingerprint density at radius 3 is 2.68 bits per heavy atom. The molecule has 1 aromatic rings. The number of rotatable bonds is 7. The van der Waals surface area contributed by atoms with Gasteiger partial charge in [0, 0.05) is 38.8 Å². The van der Waals surface area contributed by atoms with Crippen molar-refractivity contribution in [3.63, 3.8) is 0 Å². The lowest BCUT2D eigenvalue weighted by Crippen LogP contribution is -2.45. The van der Waals surface area contributed by atoms with E-state index >= 15 is 0 Å². The molecule has 2 aliphatic rings. The molecule has 1 aliphatic carbocycles. The predicted molar refractivity (Wildman–Crippen MR) is 125 cm³/mol. The van der Waals surface area contributed by atoms with Gasteiger partial charge in [-0.1, -0.05) is 18.9 Å². The molecule has 1 saturated carbocycles. The minimum absolute atomic E-state index is 0. The van der Waals surface area contributed by atoms with Crippen molar-refractivity contribution in [2.75, 3.05) is 33.9 Å². The Labute approximate surface area is 186 Å². The molecule has 158 valence electrons. The number of methoxy groups -OCH3 is 1. The van der Waals surface area contributed by atoms with Crippen LogP contribution in [0.4, 0.5) is 0 Å². The van der Waals surface area contributed by atoms with Crippen molar-refractivity contribution in [1.29, 1.82) is 0 Å². The molecule has 3 rings (SSSR count). The average Bonchev–Trinajstić information content (AvgIpc) is 3.37. The van der Waals surface area contributed by atoms with Crippen LogP contribution in [0, 0.1) is 0 Å². The van der Waals surface area contributed by atoms with E-state index < -0.39 is 0 Å². The van der Waals surface area contributed by atoms with Crippen LogP contribution in [0.1, 0.15) is 44.6 Å². The Balaban J connectivity index is 0.00000280. The number of guanidine groups is 1. The summed E-state index contributed by atoms with van der Waals surface area (Å²) < 4.78 is 11.0. The van der Waals surface area contributed by atoms with Crippen LogP contribution in [0.25, 0.3) is 0 Å². The third kappa shape index (κ3) is 6.14. The SMILES string of the molecule is CCOc1ccc(CNC(=NC)NC2CCN(C3CCCC3)C2)cc1OC.I. The van der Waals surface area contributed by atoms with Gasteiger partial charge < -0.3 is 20.1 Å². The van der Waals surface area contributed by atoms with Crippen molar-refractivity contribution in [3.05, 3.63) is 23.8 Å². The first-order valence-corrected chi connectivity index (χ1v) is 10.2. The van der Waals surface area contributed by atoms with Gasteiger partial charge >= 0.3 is 0 Å². The number of aliphatic imine (C=N–C) groups is 1. The smallest absolute Gasteiger partial charge is 0.191 e. The van der Waals surface area contributed by atoms with Crippen LogP contribution in [0.3, 0.4) is 0 Å². The van der Waals surface area contributed by atoms with Crippen LogP contribution < -0.4 is 20.1 Å². The van der Waals surface area contributed by atoms with Gasteiger partial charge in [-0.15, -0.1) is 24.0 Å². The van der Waals surface area contributed by atoms with Gasteiger partial charge in [0.05, 0.1) is 13.7 Å². The van der Waals surface area contributed by atoms with Gasteiger partial charge in [-0.05, 0) is 43.9 Å². The zero-order valence-corrected chi connectivity index (χ0v) is 19.7. The largest absolute Gasteiger partial charge is 0.493 e. The highest BCUT2D eigenvalue weighted by Gasteiger charge is 2.30. The van der Waals surface area contributed by atoms with Crippen LogP contribution in [0.5, 0.6) is 11.5 Å². The summed E-state index contributed by atoms with van der Waals surface area (Å²) in [7, 11) is 3.50. The van der Waals surface area contributed by atoms with Gasteiger partial charge in [-0.3, -0.25) is 9.89 Å². The molecule has 1 heterocycles. The second-order valence-electron chi connectivity index (χ2n) is 7.41. The molecular formula is C21H35IN4O2. The lowest BCUT2D eigenvalue weighted by molar-refractivity contribution is 0.242. The summed E-state index contributed by atoms with van der Waals surface area (Å²) in [4.78, 5) is 7.06. The monoisotopic (exact) mass is 502 g/mol. The maximum absolute atomic E-state index is 5.58. The summed E-state index contributed by atoms with van der Waals surface area (Å²) in [5.74, 6) is 2.41. The molecule has 1 unspecified atom stereocenters. The third-order valence-electron chi connectivity index (χ3n) is 5.61. The van der Waals surface area contributed by atoms with E-state index in [-0.39, 0.29) is 24.0 Å². The molecule has 1 atom stereocenters. The molecule has 1 saturated heterocycles. The summed E-state index contributed by atoms with van der Waals surface area (Å²) in [6.45, 7) is 5.63. The summed E-state index contributed by atoms with van der Waals surface area (Å²) >= 11 is 0. The number of benzene rings is 1. The van der Waals surface area contributed by atoms with Crippen LogP contribution >= 0.6 is 24.0 Å². The number of ether oxygens (including phenoxy) is 2. The van der Waals surface area contributed by atoms with E-state index in [1.807, 2.05) is 26.1 Å². The van der Waals surface area contributed by atoms with Crippen molar-refractivity contribution in [2.45, 2.75) is 57.7 Å². The molecule has 0 radical (unpaired) electrons. The number of halogens is 1. The van der Waals surface area contributed by atoms with Gasteiger partial charge in [-0.2, -0.15) is 0 Å². The lowest BCUT2D eigenvalue weighted by Gasteiger charge is -2.24. The number of hydrogen-bond donors (Lipinski definition) is 2. The molecule has 1 aromatic carbocycles. The molecule has 7 heteroatoms. The van der Waals surface area contributed by atoms with Crippen molar-refractivity contribution in [3.8, 4) is 11.5 Å². The topological polar surface area (TPSA) is 58.1 Å². The normalized spacial score (nSPS) is 20.7. The van der Waals surface area contributed by atoms with Crippen LogP contribution in [0.2, 0.25) is 0 Å². The minimum atomic E-state index is 0. The predicted octanol–water partition coefficient (Wildman–Crippen LogP) is 3.39. The van der Waals surface area contributed by atoms with Gasteiger partial charge in [0.1, 0.15) is 0 Å². The fourth-order valence-electron chi connectivity index (χ4n) is 4.18. The van der Waals surface area contributed by atoms with Crippen molar-refractivity contribution in [2.24, 2.45) is 4.99 Å². The zero-order valence-electron chi connectivity index (χ0n) is 17.4. The minimum Gasteiger partial charge on any atom is -0.493 e. The first-order valence-electron chi connectivity index (χ1n) is 10.2. The highest BCUT2D eigenvalue weighted by molar-refractivity contribution is 14.0. The van der Waals surface area contributed by atoms with E-state index in [1.165, 1.54) is 38.6 Å². The summed E-state index contributed by atoms with van der Waals surface area (Å²) in [5.41, 5.74) is 1.14. The molecule has 2 N–H and O–H groups in total. The molecule has 1 aliphatic heterocycles. The molecule has 0 aromatic heterocycles. The van der Waals surface area contributed by atoms with Crippen LogP contribution in [0.15, 0.2) is 23.2 Å². The second-order valence-corrected chi connectivity index (χ2v) is 7.41. The highest BCUT2D eigenvalue weighted by Crippen LogP contribution is 2.28. The average molecular weight is 502 g/mol. The Kier molecular flexibility index (Phi) is 9.64. The van der Waals surface area contributed by atoms with Gasteiger partial charge in [0.25, 0.3) is 0 Å². The number of likely N-dealkylation sites (tertiary alicyclic amines) is 1. The van der Waals surface area contributed by atoms with Gasteiger partial charge in [-0.25, -0.2) is 0 Å². The van der Waals surface area contributed by atoms with Crippen molar-refractivity contribution < 1.29 is 9.47 Å². The summed E-state index contributed by atoms with van der Waals surface area (Å²) in [6, 6.07) is 7.33. The van der Waals surface area contributed by atoms with Crippen LogP contribution in [-0.4, -0.2) is 56.8 Å². The first-order chi connectivity index (χ1) is 13.2. The standard InChI is InChI=1S/C21H34N4O2.HI/c1-4-27-19-10-9-16(13-20(19)26-3)14-23-21(22-2)24-17-11-12-25(15-17)18-7-5-6-8-18;/h9-10,13,17-18H,4-8,11-12,14-15H2,1-3H3,(H2,22,23,24);1H. The van der Waals surface area contributed by atoms with Crippen molar-refractivity contribution in [1.82, 2.24) is 15.5 Å². The van der Waals surface area contributed by atoms with E-state index in [1.54, 1.807) is 7.11 Å². The highest BCUT2D eigenvalue weighted by atomic mass is 127. The molecule has 2 fully saturated rings. The Hall–Kier alpha value is -1.22. The Bertz CT molecular complexity index is 635. The van der Waals surface area contributed by atoms with Gasteiger partial charge in [0.2, 0.25) is 0 Å². The molecule has 0 spiro atoms. The summed E-state index contributed by atoms with van der Waals surface area (Å²) in [6.07, 6.45) is 6.73. The fraction of sp³-hybridized carbons (Fsp3) is 0.667. The molecule has 0 bridgehead atoms. The maximum atomic E-state index is 5.58. The first kappa shape index (κ1) is 23.1. The van der Waals surface area contributed by atoms with Crippen LogP contribution in [-0.2, 0) is 6.54 Å². The molecule has 0 amide bonds. The van der Waals surface area contributed by atoms with Crippen molar-refractivity contribution >= 4 is 29.9 Å². The number of nitrogens with zero attached hydrogens (tertiary/aromatic N) is 2. The summed E-state index contributed by atoms with van der Waals surface area (Å²) in [5, 5.41) is 7.01. The van der Waals surface area contributed by atoms with Gasteiger partial charge in [0.15, 0.2) is 17.5 Å². The Morgan fingerprint density at radius 1 is 1.21 bits per heavy atom. The molecule has 28 heavy (non-hydrogen) atoms. The fourth-order valence-corrected chi connectivity index (χ4v) is 4.18. The maximum Gasteiger partial charge on any atom is 0.191 e. The quantitative estimate of drug-likeness (QED) is 0.340. The Morgan fingerprint density at radius 2 is 2.00 bits per heavy atom. The van der Waals surface area contributed by atoms with E-state index in [9.17, 15) is 0 Å². The number of hydrogen-bond acceptors (Lipinski definition) is 4. The van der Waals surface area contributed by atoms with E-state index in [0.717, 1.165) is 35.6 Å². The molecule has 6 nitrogen and oxygen atoms in total. The zero-order chi connectivity index (χ0) is 19.1. The molecular weight excluding hydrogens is 467 g/mol. The third-order valence-corrected chi connectivity index (χ3v) is 5.61. The van der Waals surface area contributed by atoms with E-state index in [0.29, 0.717) is 19.2 Å².